The number of anilines is 1. The fraction of sp³-hybridized carbons (Fsp3) is 0.500. The topological polar surface area (TPSA) is 58.3 Å². The van der Waals surface area contributed by atoms with Gasteiger partial charge in [-0.15, -0.1) is 0 Å². The minimum absolute atomic E-state index is 0.502. The average molecular weight is 241 g/mol. The zero-order chi connectivity index (χ0) is 11.5. The molecule has 2 rings (SSSR count). The summed E-state index contributed by atoms with van der Waals surface area (Å²) in [6, 6.07) is 5.41. The molecule has 4 heteroatoms. The Balaban J connectivity index is 2.07. The van der Waals surface area contributed by atoms with E-state index in [1.54, 1.807) is 6.07 Å². The number of nitrogen functional groups attached to an aromatic ring is 1. The number of aliphatic hydroxyl groups is 1. The van der Waals surface area contributed by atoms with Gasteiger partial charge in [0.1, 0.15) is 0 Å². The van der Waals surface area contributed by atoms with Crippen LogP contribution in [0.2, 0.25) is 5.02 Å². The summed E-state index contributed by atoms with van der Waals surface area (Å²) in [7, 11) is 0. The van der Waals surface area contributed by atoms with Crippen LogP contribution < -0.4 is 11.1 Å². The molecule has 2 unspecified atom stereocenters. The van der Waals surface area contributed by atoms with Crippen molar-refractivity contribution < 1.29 is 5.11 Å². The number of aliphatic hydroxyl groups excluding tert-OH is 1. The van der Waals surface area contributed by atoms with Gasteiger partial charge in [-0.3, -0.25) is 0 Å². The summed E-state index contributed by atoms with van der Waals surface area (Å²) in [5.74, 6) is 0.536. The predicted octanol–water partition coefficient (Wildman–Crippen LogP) is 1.96. The molecule has 2 atom stereocenters. The van der Waals surface area contributed by atoms with E-state index in [1.807, 2.05) is 12.1 Å². The molecule has 1 aromatic carbocycles. The van der Waals surface area contributed by atoms with E-state index in [-0.39, 0.29) is 0 Å². The summed E-state index contributed by atoms with van der Waals surface area (Å²) in [6.07, 6.45) is 1.36. The molecule has 1 aromatic rings. The largest absolute Gasteiger partial charge is 0.397 e. The van der Waals surface area contributed by atoms with Gasteiger partial charge in [0, 0.05) is 5.56 Å². The second kappa shape index (κ2) is 5.04. The molecule has 0 aliphatic carbocycles. The van der Waals surface area contributed by atoms with E-state index in [4.69, 9.17) is 17.3 Å². The van der Waals surface area contributed by atoms with Crippen LogP contribution in [0.1, 0.15) is 24.5 Å². The summed E-state index contributed by atoms with van der Waals surface area (Å²) in [5, 5.41) is 13.9. The van der Waals surface area contributed by atoms with Gasteiger partial charge >= 0.3 is 0 Å². The monoisotopic (exact) mass is 240 g/mol. The third kappa shape index (κ3) is 2.48. The van der Waals surface area contributed by atoms with E-state index in [0.29, 0.717) is 16.6 Å². The Morgan fingerprint density at radius 2 is 2.38 bits per heavy atom. The van der Waals surface area contributed by atoms with Gasteiger partial charge in [0.25, 0.3) is 0 Å². The molecule has 0 radical (unpaired) electrons. The maximum Gasteiger partial charge on any atom is 0.0813 e. The SMILES string of the molecule is Nc1c(Cl)cccc1C(O)CC1CCNC1. The van der Waals surface area contributed by atoms with Crippen LogP contribution in [0.5, 0.6) is 0 Å². The van der Waals surface area contributed by atoms with E-state index >= 15 is 0 Å². The van der Waals surface area contributed by atoms with Crippen molar-refractivity contribution in [1.29, 1.82) is 0 Å². The molecule has 0 amide bonds. The number of para-hydroxylation sites is 1. The van der Waals surface area contributed by atoms with Gasteiger partial charge in [-0.25, -0.2) is 0 Å². The number of halogens is 1. The van der Waals surface area contributed by atoms with Crippen molar-refractivity contribution in [2.45, 2.75) is 18.9 Å². The Bertz CT molecular complexity index is 364. The van der Waals surface area contributed by atoms with Crippen molar-refractivity contribution in [3.8, 4) is 0 Å². The minimum Gasteiger partial charge on any atom is -0.397 e. The third-order valence-corrected chi connectivity index (χ3v) is 3.49. The number of nitrogens with one attached hydrogen (secondary N) is 1. The first-order valence-electron chi connectivity index (χ1n) is 5.61. The highest BCUT2D eigenvalue weighted by atomic mass is 35.5. The lowest BCUT2D eigenvalue weighted by molar-refractivity contribution is 0.148. The van der Waals surface area contributed by atoms with E-state index in [1.165, 1.54) is 0 Å². The highest BCUT2D eigenvalue weighted by molar-refractivity contribution is 6.33. The Morgan fingerprint density at radius 3 is 3.06 bits per heavy atom. The normalized spacial score (nSPS) is 22.2. The van der Waals surface area contributed by atoms with Gasteiger partial charge in [0.15, 0.2) is 0 Å². The third-order valence-electron chi connectivity index (χ3n) is 3.16. The summed E-state index contributed by atoms with van der Waals surface area (Å²) >= 11 is 5.93. The second-order valence-electron chi connectivity index (χ2n) is 4.35. The molecule has 4 N–H and O–H groups in total. The lowest BCUT2D eigenvalue weighted by atomic mass is 9.95. The zero-order valence-corrected chi connectivity index (χ0v) is 9.87. The zero-order valence-electron chi connectivity index (χ0n) is 9.12. The van der Waals surface area contributed by atoms with Gasteiger partial charge in [-0.2, -0.15) is 0 Å². The lowest BCUT2D eigenvalue weighted by Crippen LogP contribution is -2.12. The summed E-state index contributed by atoms with van der Waals surface area (Å²) in [4.78, 5) is 0. The maximum absolute atomic E-state index is 10.1. The van der Waals surface area contributed by atoms with Crippen molar-refractivity contribution in [2.75, 3.05) is 18.8 Å². The van der Waals surface area contributed by atoms with Crippen molar-refractivity contribution in [1.82, 2.24) is 5.32 Å². The van der Waals surface area contributed by atoms with Crippen LogP contribution in [0.15, 0.2) is 18.2 Å². The Morgan fingerprint density at radius 1 is 1.56 bits per heavy atom. The Kier molecular flexibility index (Phi) is 3.69. The molecule has 88 valence electrons. The first kappa shape index (κ1) is 11.7. The van der Waals surface area contributed by atoms with Gasteiger partial charge in [0.05, 0.1) is 16.8 Å². The van der Waals surface area contributed by atoms with Gasteiger partial charge in [-0.05, 0) is 37.9 Å². The minimum atomic E-state index is -0.511. The van der Waals surface area contributed by atoms with Crippen molar-refractivity contribution >= 4 is 17.3 Å². The molecule has 1 fully saturated rings. The van der Waals surface area contributed by atoms with Gasteiger partial charge in [0.2, 0.25) is 0 Å². The summed E-state index contributed by atoms with van der Waals surface area (Å²) < 4.78 is 0. The number of benzene rings is 1. The van der Waals surface area contributed by atoms with E-state index in [2.05, 4.69) is 5.32 Å². The molecule has 16 heavy (non-hydrogen) atoms. The van der Waals surface area contributed by atoms with Crippen LogP contribution >= 0.6 is 11.6 Å². The highest BCUT2D eigenvalue weighted by Gasteiger charge is 2.21. The van der Waals surface area contributed by atoms with E-state index in [0.717, 1.165) is 31.5 Å². The van der Waals surface area contributed by atoms with Gasteiger partial charge in [-0.1, -0.05) is 23.7 Å². The van der Waals surface area contributed by atoms with E-state index < -0.39 is 6.10 Å². The first-order chi connectivity index (χ1) is 7.68. The molecule has 0 spiro atoms. The molecule has 3 nitrogen and oxygen atoms in total. The first-order valence-corrected chi connectivity index (χ1v) is 5.99. The predicted molar refractivity (Wildman–Crippen MR) is 66.4 cm³/mol. The fourth-order valence-corrected chi connectivity index (χ4v) is 2.38. The van der Waals surface area contributed by atoms with Gasteiger partial charge < -0.3 is 16.2 Å². The maximum atomic E-state index is 10.1. The molecule has 0 saturated carbocycles. The van der Waals surface area contributed by atoms with Crippen LogP contribution in [0.4, 0.5) is 5.69 Å². The van der Waals surface area contributed by atoms with Crippen molar-refractivity contribution in [2.24, 2.45) is 5.92 Å². The molecule has 1 saturated heterocycles. The number of rotatable bonds is 3. The standard InChI is InChI=1S/C12H17ClN2O/c13-10-3-1-2-9(12(10)14)11(16)6-8-4-5-15-7-8/h1-3,8,11,15-16H,4-7,14H2. The molecule has 0 aromatic heterocycles. The molecule has 1 aliphatic heterocycles. The number of hydrogen-bond donors (Lipinski definition) is 3. The highest BCUT2D eigenvalue weighted by Crippen LogP contribution is 2.31. The number of hydrogen-bond acceptors (Lipinski definition) is 3. The van der Waals surface area contributed by atoms with E-state index in [9.17, 15) is 5.11 Å². The van der Waals surface area contributed by atoms with Crippen molar-refractivity contribution in [3.63, 3.8) is 0 Å². The van der Waals surface area contributed by atoms with Crippen LogP contribution in [0.25, 0.3) is 0 Å². The summed E-state index contributed by atoms with van der Waals surface area (Å²) in [6.45, 7) is 2.03. The average Bonchev–Trinajstić information content (AvgIpc) is 2.74. The van der Waals surface area contributed by atoms with Crippen molar-refractivity contribution in [3.05, 3.63) is 28.8 Å². The molecule has 0 bridgehead atoms. The van der Waals surface area contributed by atoms with Crippen LogP contribution in [-0.4, -0.2) is 18.2 Å². The van der Waals surface area contributed by atoms with Crippen LogP contribution in [0, 0.1) is 5.92 Å². The summed E-state index contributed by atoms with van der Waals surface area (Å²) in [5.41, 5.74) is 7.10. The second-order valence-corrected chi connectivity index (χ2v) is 4.76. The Hall–Kier alpha value is -0.770. The molecule has 1 heterocycles. The fourth-order valence-electron chi connectivity index (χ4n) is 2.20. The number of nitrogens with two attached hydrogens (primary N) is 1. The molecule has 1 aliphatic rings. The lowest BCUT2D eigenvalue weighted by Gasteiger charge is -2.17. The smallest absolute Gasteiger partial charge is 0.0813 e. The van der Waals surface area contributed by atoms with Crippen LogP contribution in [-0.2, 0) is 0 Å². The Labute approximate surface area is 101 Å². The van der Waals surface area contributed by atoms with Crippen LogP contribution in [0.3, 0.4) is 0 Å². The quantitative estimate of drug-likeness (QED) is 0.708. The molecular formula is C12H17ClN2O. The molecular weight excluding hydrogens is 224 g/mol.